The van der Waals surface area contributed by atoms with Crippen molar-refractivity contribution in [1.82, 2.24) is 9.88 Å². The lowest BCUT2D eigenvalue weighted by atomic mass is 10.1. The van der Waals surface area contributed by atoms with Crippen molar-refractivity contribution in [3.8, 4) is 0 Å². The third-order valence-corrected chi connectivity index (χ3v) is 6.71. The predicted octanol–water partition coefficient (Wildman–Crippen LogP) is 4.23. The molecule has 1 aliphatic heterocycles. The molecule has 1 aromatic heterocycles. The predicted molar refractivity (Wildman–Crippen MR) is 122 cm³/mol. The number of rotatable bonds is 5. The van der Waals surface area contributed by atoms with E-state index in [1.165, 1.54) is 41.8 Å². The van der Waals surface area contributed by atoms with Gasteiger partial charge in [-0.3, -0.25) is 4.79 Å². The van der Waals surface area contributed by atoms with Gasteiger partial charge in [0.2, 0.25) is 0 Å². The highest BCUT2D eigenvalue weighted by atomic mass is 32.2. The van der Waals surface area contributed by atoms with E-state index < -0.39 is 23.7 Å². The Morgan fingerprint density at radius 2 is 1.88 bits per heavy atom. The van der Waals surface area contributed by atoms with Crippen LogP contribution < -0.4 is 10.9 Å². The van der Waals surface area contributed by atoms with Gasteiger partial charge in [-0.2, -0.15) is 0 Å². The smallest absolute Gasteiger partial charge is 0.408 e. The number of nitrogens with one attached hydrogen (secondary N) is 1. The Morgan fingerprint density at radius 1 is 1.19 bits per heavy atom. The number of pyridine rings is 1. The highest BCUT2D eigenvalue weighted by molar-refractivity contribution is 7.99. The number of hydrogen-bond acceptors (Lipinski definition) is 6. The summed E-state index contributed by atoms with van der Waals surface area (Å²) >= 11 is 1.36. The van der Waals surface area contributed by atoms with Crippen LogP contribution in [0.25, 0.3) is 0 Å². The van der Waals surface area contributed by atoms with E-state index in [2.05, 4.69) is 17.4 Å². The second-order valence-electron chi connectivity index (χ2n) is 9.24. The monoisotopic (exact) mass is 456 g/mol. The van der Waals surface area contributed by atoms with E-state index >= 15 is 0 Å². The van der Waals surface area contributed by atoms with Crippen molar-refractivity contribution in [1.29, 1.82) is 0 Å². The Morgan fingerprint density at radius 3 is 2.47 bits per heavy atom. The number of nitrogens with zero attached hydrogens (tertiary/aromatic N) is 1. The standard InChI is InChI=1S/C24H28N2O5S/c1-24(2,3)31-23(29)25-18-13-32-20-17(22(28)30-4)12-26(21(27)19(18)20)11-14-5-7-15(8-6-14)16-9-10-16/h5-8,12,16,18H,9-11,13H2,1-4H3,(H,25,29)/t18-/m0/s1. The molecule has 1 aliphatic carbocycles. The molecule has 7 nitrogen and oxygen atoms in total. The second kappa shape index (κ2) is 8.65. The average Bonchev–Trinajstić information content (AvgIpc) is 3.49. The van der Waals surface area contributed by atoms with Crippen LogP contribution in [0.5, 0.6) is 0 Å². The van der Waals surface area contributed by atoms with Crippen molar-refractivity contribution in [3.63, 3.8) is 0 Å². The number of hydrogen-bond donors (Lipinski definition) is 1. The first-order chi connectivity index (χ1) is 15.2. The zero-order valence-corrected chi connectivity index (χ0v) is 19.6. The van der Waals surface area contributed by atoms with Gasteiger partial charge >= 0.3 is 12.1 Å². The van der Waals surface area contributed by atoms with Crippen LogP contribution in [0, 0.1) is 0 Å². The van der Waals surface area contributed by atoms with E-state index in [9.17, 15) is 14.4 Å². The summed E-state index contributed by atoms with van der Waals surface area (Å²) in [6.07, 6.45) is 3.43. The fourth-order valence-corrected chi connectivity index (χ4v) is 5.09. The first kappa shape index (κ1) is 22.5. The Hall–Kier alpha value is -2.74. The molecule has 0 spiro atoms. The van der Waals surface area contributed by atoms with E-state index in [4.69, 9.17) is 9.47 Å². The number of carbonyl (C=O) groups is 2. The number of fused-ring (bicyclic) bond motifs is 1. The SMILES string of the molecule is COC(=O)c1cn(Cc2ccc(C3CC3)cc2)c(=O)c2c1SC[C@@H]2NC(=O)OC(C)(C)C. The third kappa shape index (κ3) is 4.85. The minimum atomic E-state index is -0.653. The quantitative estimate of drug-likeness (QED) is 0.678. The van der Waals surface area contributed by atoms with Crippen molar-refractivity contribution in [2.24, 2.45) is 0 Å². The summed E-state index contributed by atoms with van der Waals surface area (Å²) in [5.74, 6) is 0.590. The lowest BCUT2D eigenvalue weighted by molar-refractivity contribution is 0.0508. The highest BCUT2D eigenvalue weighted by Crippen LogP contribution is 2.40. The molecular weight excluding hydrogens is 428 g/mol. The molecule has 1 fully saturated rings. The number of esters is 1. The normalized spacial score (nSPS) is 17.6. The largest absolute Gasteiger partial charge is 0.465 e. The molecule has 8 heteroatoms. The van der Waals surface area contributed by atoms with Crippen LogP contribution in [0.3, 0.4) is 0 Å². The summed E-state index contributed by atoms with van der Waals surface area (Å²) in [7, 11) is 1.32. The summed E-state index contributed by atoms with van der Waals surface area (Å²) in [4.78, 5) is 38.8. The summed E-state index contributed by atoms with van der Waals surface area (Å²) in [5, 5.41) is 2.79. The Bertz CT molecular complexity index is 1100. The molecule has 0 unspecified atom stereocenters. The molecule has 2 heterocycles. The van der Waals surface area contributed by atoms with Crippen LogP contribution >= 0.6 is 11.8 Å². The fraction of sp³-hybridized carbons (Fsp3) is 0.458. The van der Waals surface area contributed by atoms with Crippen molar-refractivity contribution < 1.29 is 19.1 Å². The summed E-state index contributed by atoms with van der Waals surface area (Å²) in [6, 6.07) is 7.71. The molecule has 1 saturated carbocycles. The number of benzene rings is 1. The van der Waals surface area contributed by atoms with Crippen LogP contribution in [0.2, 0.25) is 0 Å². The maximum atomic E-state index is 13.4. The maximum Gasteiger partial charge on any atom is 0.408 e. The highest BCUT2D eigenvalue weighted by Gasteiger charge is 2.34. The lowest BCUT2D eigenvalue weighted by Gasteiger charge is -2.22. The minimum absolute atomic E-state index is 0.231. The van der Waals surface area contributed by atoms with Crippen LogP contribution in [0.4, 0.5) is 4.79 Å². The molecule has 4 rings (SSSR count). The summed E-state index contributed by atoms with van der Waals surface area (Å²) in [6.45, 7) is 5.66. The van der Waals surface area contributed by atoms with Gasteiger partial charge in [0.05, 0.1) is 30.8 Å². The number of alkyl carbamates (subject to hydrolysis) is 1. The lowest BCUT2D eigenvalue weighted by Crippen LogP contribution is -2.38. The number of aromatic nitrogens is 1. The molecule has 1 atom stereocenters. The average molecular weight is 457 g/mol. The molecule has 2 aliphatic rings. The fourth-order valence-electron chi connectivity index (χ4n) is 3.83. The van der Waals surface area contributed by atoms with Crippen LogP contribution in [-0.4, -0.2) is 35.1 Å². The number of amides is 1. The molecule has 170 valence electrons. The number of ether oxygens (including phenoxy) is 2. The summed E-state index contributed by atoms with van der Waals surface area (Å²) < 4.78 is 11.8. The van der Waals surface area contributed by atoms with Gasteiger partial charge in [0.15, 0.2) is 0 Å². The molecule has 0 radical (unpaired) electrons. The Balaban J connectivity index is 1.66. The zero-order chi connectivity index (χ0) is 23.0. The number of carbonyl (C=O) groups excluding carboxylic acids is 2. The van der Waals surface area contributed by atoms with E-state index in [0.717, 1.165) is 5.56 Å². The van der Waals surface area contributed by atoms with E-state index in [1.54, 1.807) is 27.0 Å². The first-order valence-corrected chi connectivity index (χ1v) is 11.7. The van der Waals surface area contributed by atoms with Crippen LogP contribution in [-0.2, 0) is 16.0 Å². The molecule has 0 bridgehead atoms. The van der Waals surface area contributed by atoms with Crippen molar-refractivity contribution in [2.75, 3.05) is 12.9 Å². The summed E-state index contributed by atoms with van der Waals surface area (Å²) in [5.41, 5.74) is 2.13. The topological polar surface area (TPSA) is 86.6 Å². The van der Waals surface area contributed by atoms with Gasteiger partial charge in [0.1, 0.15) is 5.60 Å². The molecular formula is C24H28N2O5S. The maximum absolute atomic E-state index is 13.4. The van der Waals surface area contributed by atoms with Crippen molar-refractivity contribution in [2.45, 2.75) is 62.6 Å². The zero-order valence-electron chi connectivity index (χ0n) is 18.8. The number of thioether (sulfide) groups is 1. The number of methoxy groups -OCH3 is 1. The second-order valence-corrected chi connectivity index (χ2v) is 10.3. The van der Waals surface area contributed by atoms with Gasteiger partial charge in [0, 0.05) is 16.8 Å². The molecule has 0 saturated heterocycles. The first-order valence-electron chi connectivity index (χ1n) is 10.7. The van der Waals surface area contributed by atoms with Crippen molar-refractivity contribution in [3.05, 3.63) is 63.1 Å². The van der Waals surface area contributed by atoms with Gasteiger partial charge in [-0.05, 0) is 50.7 Å². The Labute approximate surface area is 191 Å². The van der Waals surface area contributed by atoms with E-state index in [-0.39, 0.29) is 5.56 Å². The van der Waals surface area contributed by atoms with Gasteiger partial charge in [0.25, 0.3) is 5.56 Å². The van der Waals surface area contributed by atoms with Gasteiger partial charge < -0.3 is 19.4 Å². The molecule has 1 amide bonds. The van der Waals surface area contributed by atoms with Gasteiger partial charge in [-0.15, -0.1) is 11.8 Å². The third-order valence-electron chi connectivity index (χ3n) is 5.49. The van der Waals surface area contributed by atoms with Gasteiger partial charge in [-0.1, -0.05) is 24.3 Å². The van der Waals surface area contributed by atoms with Crippen LogP contribution in [0.1, 0.15) is 72.6 Å². The molecule has 1 N–H and O–H groups in total. The molecule has 2 aromatic rings. The minimum Gasteiger partial charge on any atom is -0.465 e. The van der Waals surface area contributed by atoms with E-state index in [1.807, 2.05) is 12.1 Å². The Kier molecular flexibility index (Phi) is 6.07. The molecule has 1 aromatic carbocycles. The van der Waals surface area contributed by atoms with Crippen LogP contribution in [0.15, 0.2) is 40.2 Å². The van der Waals surface area contributed by atoms with Gasteiger partial charge in [-0.25, -0.2) is 9.59 Å². The van der Waals surface area contributed by atoms with Crippen molar-refractivity contribution >= 4 is 23.8 Å². The van der Waals surface area contributed by atoms with E-state index in [0.29, 0.717) is 34.2 Å². The molecule has 32 heavy (non-hydrogen) atoms.